The Kier molecular flexibility index (Phi) is 4.41. The number of hydrogen-bond donors (Lipinski definition) is 1. The first-order valence-corrected chi connectivity index (χ1v) is 8.02. The van der Waals surface area contributed by atoms with Gasteiger partial charge in [0.25, 0.3) is 0 Å². The zero-order chi connectivity index (χ0) is 12.4. The van der Waals surface area contributed by atoms with Crippen LogP contribution in [-0.2, 0) is 10.0 Å². The van der Waals surface area contributed by atoms with Crippen molar-refractivity contribution < 1.29 is 8.42 Å². The highest BCUT2D eigenvalue weighted by Gasteiger charge is 2.27. The Morgan fingerprint density at radius 2 is 1.88 bits per heavy atom. The molecule has 3 nitrogen and oxygen atoms in total. The first-order chi connectivity index (χ1) is 7.16. The van der Waals surface area contributed by atoms with Crippen LogP contribution in [0, 0.1) is 11.3 Å². The molecule has 1 saturated carbocycles. The van der Waals surface area contributed by atoms with E-state index in [4.69, 9.17) is 0 Å². The van der Waals surface area contributed by atoms with Crippen LogP contribution in [0.2, 0.25) is 0 Å². The van der Waals surface area contributed by atoms with Gasteiger partial charge in [-0.2, -0.15) is 0 Å². The quantitative estimate of drug-likeness (QED) is 0.833. The van der Waals surface area contributed by atoms with Crippen LogP contribution >= 0.6 is 0 Å². The van der Waals surface area contributed by atoms with Crippen molar-refractivity contribution in [2.24, 2.45) is 11.3 Å². The molecule has 96 valence electrons. The molecule has 0 radical (unpaired) electrons. The summed E-state index contributed by atoms with van der Waals surface area (Å²) in [5.74, 6) is 0.674. The van der Waals surface area contributed by atoms with Crippen molar-refractivity contribution in [3.63, 3.8) is 0 Å². The van der Waals surface area contributed by atoms with Crippen LogP contribution in [-0.4, -0.2) is 20.7 Å². The fraction of sp³-hybridized carbons (Fsp3) is 1.00. The van der Waals surface area contributed by atoms with E-state index in [1.807, 2.05) is 0 Å². The van der Waals surface area contributed by atoms with Crippen LogP contribution in [0.1, 0.15) is 52.9 Å². The maximum absolute atomic E-state index is 11.2. The van der Waals surface area contributed by atoms with Gasteiger partial charge in [-0.1, -0.05) is 33.6 Å². The lowest BCUT2D eigenvalue weighted by molar-refractivity contribution is 0.220. The third-order valence-electron chi connectivity index (χ3n) is 3.06. The maximum atomic E-state index is 11.2. The van der Waals surface area contributed by atoms with Gasteiger partial charge in [0.2, 0.25) is 10.0 Å². The fourth-order valence-electron chi connectivity index (χ4n) is 2.75. The Labute approximate surface area is 100 Å². The normalized spacial score (nSPS) is 28.0. The lowest BCUT2D eigenvalue weighted by Gasteiger charge is -2.33. The van der Waals surface area contributed by atoms with Crippen molar-refractivity contribution in [3.8, 4) is 0 Å². The maximum Gasteiger partial charge on any atom is 0.208 e. The molecule has 0 aromatic carbocycles. The lowest BCUT2D eigenvalue weighted by Crippen LogP contribution is -2.38. The Morgan fingerprint density at radius 3 is 2.38 bits per heavy atom. The summed E-state index contributed by atoms with van der Waals surface area (Å²) in [4.78, 5) is 0. The third kappa shape index (κ3) is 5.85. The molecule has 0 amide bonds. The zero-order valence-electron chi connectivity index (χ0n) is 10.9. The topological polar surface area (TPSA) is 46.2 Å². The predicted molar refractivity (Wildman–Crippen MR) is 67.8 cm³/mol. The molecule has 1 rings (SSSR count). The van der Waals surface area contributed by atoms with Crippen LogP contribution < -0.4 is 4.72 Å². The molecule has 2 atom stereocenters. The number of nitrogens with one attached hydrogen (secondary N) is 1. The average molecular weight is 247 g/mol. The average Bonchev–Trinajstić information content (AvgIpc) is 1.96. The van der Waals surface area contributed by atoms with Gasteiger partial charge < -0.3 is 0 Å². The molecule has 0 spiro atoms. The third-order valence-corrected chi connectivity index (χ3v) is 3.83. The van der Waals surface area contributed by atoms with Gasteiger partial charge >= 0.3 is 0 Å². The van der Waals surface area contributed by atoms with Crippen molar-refractivity contribution in [1.82, 2.24) is 4.72 Å². The number of hydrogen-bond acceptors (Lipinski definition) is 2. The molecule has 0 aliphatic heterocycles. The molecule has 0 heterocycles. The van der Waals surface area contributed by atoms with Crippen molar-refractivity contribution in [2.75, 3.05) is 6.26 Å². The van der Waals surface area contributed by atoms with E-state index in [9.17, 15) is 8.42 Å². The first-order valence-electron chi connectivity index (χ1n) is 6.13. The van der Waals surface area contributed by atoms with Gasteiger partial charge in [-0.15, -0.1) is 0 Å². The largest absolute Gasteiger partial charge is 0.213 e. The van der Waals surface area contributed by atoms with Gasteiger partial charge in [0.15, 0.2) is 0 Å². The van der Waals surface area contributed by atoms with E-state index in [-0.39, 0.29) is 6.04 Å². The van der Waals surface area contributed by atoms with E-state index in [1.54, 1.807) is 0 Å². The molecule has 1 N–H and O–H groups in total. The molecular formula is C12H25NO2S. The summed E-state index contributed by atoms with van der Waals surface area (Å²) in [6, 6.07) is 0.163. The summed E-state index contributed by atoms with van der Waals surface area (Å²) in [7, 11) is -3.04. The van der Waals surface area contributed by atoms with Crippen LogP contribution in [0.3, 0.4) is 0 Å². The van der Waals surface area contributed by atoms with Crippen molar-refractivity contribution in [3.05, 3.63) is 0 Å². The van der Waals surface area contributed by atoms with E-state index in [0.29, 0.717) is 11.3 Å². The molecule has 0 aromatic heterocycles. The van der Waals surface area contributed by atoms with Crippen LogP contribution in [0.5, 0.6) is 0 Å². The summed E-state index contributed by atoms with van der Waals surface area (Å²) in [5.41, 5.74) is 0.345. The van der Waals surface area contributed by atoms with E-state index in [1.165, 1.54) is 19.1 Å². The van der Waals surface area contributed by atoms with Crippen LogP contribution in [0.25, 0.3) is 0 Å². The summed E-state index contributed by atoms with van der Waals surface area (Å²) in [5, 5.41) is 0. The van der Waals surface area contributed by atoms with Crippen molar-refractivity contribution >= 4 is 10.0 Å². The molecular weight excluding hydrogens is 222 g/mol. The van der Waals surface area contributed by atoms with Gasteiger partial charge in [-0.25, -0.2) is 13.1 Å². The second kappa shape index (κ2) is 5.05. The highest BCUT2D eigenvalue weighted by molar-refractivity contribution is 7.88. The number of sulfonamides is 1. The summed E-state index contributed by atoms with van der Waals surface area (Å²) >= 11 is 0. The molecule has 2 unspecified atom stereocenters. The highest BCUT2D eigenvalue weighted by Crippen LogP contribution is 2.34. The summed E-state index contributed by atoms with van der Waals surface area (Å²) < 4.78 is 25.1. The molecule has 0 aromatic rings. The first kappa shape index (κ1) is 14.0. The SMILES string of the molecule is CC(C)(C)CC1CCCC(NS(C)(=O)=O)C1. The minimum absolute atomic E-state index is 0.163. The molecule has 1 aliphatic carbocycles. The van der Waals surface area contributed by atoms with Gasteiger partial charge in [-0.05, 0) is 30.6 Å². The Bertz CT molecular complexity index is 316. The highest BCUT2D eigenvalue weighted by atomic mass is 32.2. The summed E-state index contributed by atoms with van der Waals surface area (Å²) in [6.45, 7) is 6.75. The Balaban J connectivity index is 2.48. The molecule has 0 bridgehead atoms. The molecule has 16 heavy (non-hydrogen) atoms. The van der Waals surface area contributed by atoms with Crippen LogP contribution in [0.15, 0.2) is 0 Å². The standard InChI is InChI=1S/C12H25NO2S/c1-12(2,3)9-10-6-5-7-11(8-10)13-16(4,14)15/h10-11,13H,5-9H2,1-4H3. The molecule has 0 saturated heterocycles. The van der Waals surface area contributed by atoms with Gasteiger partial charge in [-0.3, -0.25) is 0 Å². The molecule has 1 fully saturated rings. The van der Waals surface area contributed by atoms with Gasteiger partial charge in [0, 0.05) is 6.04 Å². The van der Waals surface area contributed by atoms with E-state index in [0.717, 1.165) is 19.3 Å². The molecule has 4 heteroatoms. The molecule has 1 aliphatic rings. The smallest absolute Gasteiger partial charge is 0.208 e. The fourth-order valence-corrected chi connectivity index (χ4v) is 3.57. The Morgan fingerprint density at radius 1 is 1.25 bits per heavy atom. The van der Waals surface area contributed by atoms with E-state index < -0.39 is 10.0 Å². The second-order valence-electron chi connectivity index (χ2n) is 6.38. The lowest BCUT2D eigenvalue weighted by atomic mass is 9.76. The zero-order valence-corrected chi connectivity index (χ0v) is 11.7. The monoisotopic (exact) mass is 247 g/mol. The number of rotatable bonds is 3. The minimum Gasteiger partial charge on any atom is -0.213 e. The van der Waals surface area contributed by atoms with Gasteiger partial charge in [0.1, 0.15) is 0 Å². The second-order valence-corrected chi connectivity index (χ2v) is 8.16. The summed E-state index contributed by atoms with van der Waals surface area (Å²) in [6.07, 6.45) is 6.83. The minimum atomic E-state index is -3.04. The van der Waals surface area contributed by atoms with Crippen LogP contribution in [0.4, 0.5) is 0 Å². The van der Waals surface area contributed by atoms with Crippen molar-refractivity contribution in [1.29, 1.82) is 0 Å². The Hall–Kier alpha value is -0.0900. The van der Waals surface area contributed by atoms with Gasteiger partial charge in [0.05, 0.1) is 6.26 Å². The van der Waals surface area contributed by atoms with Crippen molar-refractivity contribution in [2.45, 2.75) is 58.9 Å². The van der Waals surface area contributed by atoms with E-state index >= 15 is 0 Å². The predicted octanol–water partition coefficient (Wildman–Crippen LogP) is 2.53. The van der Waals surface area contributed by atoms with E-state index in [2.05, 4.69) is 25.5 Å².